The number of likely N-dealkylation sites (N-methyl/N-ethyl adjacent to an activating group) is 1. The van der Waals surface area contributed by atoms with Gasteiger partial charge in [0.2, 0.25) is 0 Å². The molecule has 1 aliphatic rings. The highest BCUT2D eigenvalue weighted by Crippen LogP contribution is 2.35. The standard InChI is InChI=1S/C19H15ClF2N2O2S/c1-3-26-16-7-4-12(20)8-11(16)9-17-18(25)24(2)19(27-17)23-15-6-5-13(21)10-14(15)22/h4-10H,3H2,1-2H3/b17-9+,23-19?. The highest BCUT2D eigenvalue weighted by molar-refractivity contribution is 8.18. The van der Waals surface area contributed by atoms with Gasteiger partial charge in [-0.2, -0.15) is 0 Å². The number of rotatable bonds is 4. The predicted octanol–water partition coefficient (Wildman–Crippen LogP) is 5.25. The number of hydrogen-bond donors (Lipinski definition) is 0. The van der Waals surface area contributed by atoms with Gasteiger partial charge in [0.15, 0.2) is 11.0 Å². The van der Waals surface area contributed by atoms with E-state index in [1.165, 1.54) is 18.0 Å². The second kappa shape index (κ2) is 8.10. The maximum Gasteiger partial charge on any atom is 0.266 e. The number of carbonyl (C=O) groups excluding carboxylic acids is 1. The van der Waals surface area contributed by atoms with Crippen molar-refractivity contribution in [1.82, 2.24) is 4.90 Å². The number of halogens is 3. The summed E-state index contributed by atoms with van der Waals surface area (Å²) >= 11 is 7.14. The molecule has 1 amide bonds. The van der Waals surface area contributed by atoms with Crippen LogP contribution in [0.3, 0.4) is 0 Å². The Morgan fingerprint density at radius 2 is 2.04 bits per heavy atom. The van der Waals surface area contributed by atoms with E-state index in [4.69, 9.17) is 16.3 Å². The first kappa shape index (κ1) is 19.4. The number of ether oxygens (including phenoxy) is 1. The zero-order chi connectivity index (χ0) is 19.6. The molecule has 1 saturated heterocycles. The Bertz CT molecular complexity index is 963. The van der Waals surface area contributed by atoms with E-state index in [0.29, 0.717) is 27.8 Å². The fourth-order valence-corrected chi connectivity index (χ4v) is 3.54. The summed E-state index contributed by atoms with van der Waals surface area (Å²) in [7, 11) is 1.54. The summed E-state index contributed by atoms with van der Waals surface area (Å²) in [5.41, 5.74) is 0.611. The monoisotopic (exact) mass is 408 g/mol. The summed E-state index contributed by atoms with van der Waals surface area (Å²) in [6.07, 6.45) is 1.66. The van der Waals surface area contributed by atoms with E-state index in [1.807, 2.05) is 6.92 Å². The number of amidine groups is 1. The van der Waals surface area contributed by atoms with Crippen LogP contribution in [0.5, 0.6) is 5.75 Å². The van der Waals surface area contributed by atoms with Gasteiger partial charge >= 0.3 is 0 Å². The van der Waals surface area contributed by atoms with Crippen molar-refractivity contribution in [3.8, 4) is 5.75 Å². The molecule has 0 unspecified atom stereocenters. The number of nitrogens with zero attached hydrogens (tertiary/aromatic N) is 2. The van der Waals surface area contributed by atoms with E-state index in [2.05, 4.69) is 4.99 Å². The molecule has 0 radical (unpaired) electrons. The first-order valence-electron chi connectivity index (χ1n) is 8.02. The van der Waals surface area contributed by atoms with Gasteiger partial charge in [0.25, 0.3) is 5.91 Å². The van der Waals surface area contributed by atoms with Gasteiger partial charge in [0.05, 0.1) is 11.5 Å². The minimum Gasteiger partial charge on any atom is -0.493 e. The molecule has 0 spiro atoms. The maximum absolute atomic E-state index is 13.8. The van der Waals surface area contributed by atoms with Crippen molar-refractivity contribution in [3.05, 3.63) is 63.5 Å². The van der Waals surface area contributed by atoms with E-state index in [1.54, 1.807) is 24.3 Å². The number of amides is 1. The molecule has 1 aliphatic heterocycles. The summed E-state index contributed by atoms with van der Waals surface area (Å²) in [5, 5.41) is 0.799. The molecule has 0 aromatic heterocycles. The van der Waals surface area contributed by atoms with E-state index < -0.39 is 11.6 Å². The largest absolute Gasteiger partial charge is 0.493 e. The van der Waals surface area contributed by atoms with Gasteiger partial charge in [0, 0.05) is 23.7 Å². The van der Waals surface area contributed by atoms with Gasteiger partial charge in [-0.15, -0.1) is 0 Å². The lowest BCUT2D eigenvalue weighted by Gasteiger charge is -2.08. The SMILES string of the molecule is CCOc1ccc(Cl)cc1/C=C1/SC(=Nc2ccc(F)cc2F)N(C)C1=O. The van der Waals surface area contributed by atoms with Gasteiger partial charge in [-0.25, -0.2) is 13.8 Å². The lowest BCUT2D eigenvalue weighted by molar-refractivity contribution is -0.121. The van der Waals surface area contributed by atoms with Crippen molar-refractivity contribution in [3.63, 3.8) is 0 Å². The topological polar surface area (TPSA) is 41.9 Å². The molecule has 8 heteroatoms. The number of benzene rings is 2. The van der Waals surface area contributed by atoms with Crippen LogP contribution in [-0.4, -0.2) is 29.6 Å². The minimum absolute atomic E-state index is 0.0439. The third-order valence-electron chi connectivity index (χ3n) is 3.69. The summed E-state index contributed by atoms with van der Waals surface area (Å²) in [6.45, 7) is 2.33. The Balaban J connectivity index is 1.95. The van der Waals surface area contributed by atoms with Crippen LogP contribution in [0.15, 0.2) is 46.3 Å². The number of carbonyl (C=O) groups is 1. The van der Waals surface area contributed by atoms with Crippen molar-refractivity contribution in [2.45, 2.75) is 6.92 Å². The Hall–Kier alpha value is -2.38. The lowest BCUT2D eigenvalue weighted by atomic mass is 10.2. The molecule has 0 atom stereocenters. The van der Waals surface area contributed by atoms with Gasteiger partial charge in [-0.1, -0.05) is 11.6 Å². The summed E-state index contributed by atoms with van der Waals surface area (Å²) in [5.74, 6) is -1.18. The highest BCUT2D eigenvalue weighted by Gasteiger charge is 2.31. The molecular formula is C19H15ClF2N2O2S. The molecule has 1 heterocycles. The average molecular weight is 409 g/mol. The molecule has 140 valence electrons. The van der Waals surface area contributed by atoms with Crippen LogP contribution in [0.1, 0.15) is 12.5 Å². The second-order valence-corrected chi connectivity index (χ2v) is 7.03. The maximum atomic E-state index is 13.8. The van der Waals surface area contributed by atoms with Gasteiger partial charge < -0.3 is 4.74 Å². The highest BCUT2D eigenvalue weighted by atomic mass is 35.5. The van der Waals surface area contributed by atoms with Crippen LogP contribution in [0.4, 0.5) is 14.5 Å². The van der Waals surface area contributed by atoms with E-state index in [0.717, 1.165) is 23.9 Å². The number of aliphatic imine (C=N–C) groups is 1. The van der Waals surface area contributed by atoms with Crippen LogP contribution >= 0.6 is 23.4 Å². The molecule has 2 aromatic rings. The summed E-state index contributed by atoms with van der Waals surface area (Å²) < 4.78 is 32.5. The van der Waals surface area contributed by atoms with Crippen LogP contribution in [0, 0.1) is 11.6 Å². The van der Waals surface area contributed by atoms with E-state index in [-0.39, 0.29) is 16.8 Å². The Labute approximate surface area is 164 Å². The molecule has 4 nitrogen and oxygen atoms in total. The molecule has 1 fully saturated rings. The predicted molar refractivity (Wildman–Crippen MR) is 104 cm³/mol. The van der Waals surface area contributed by atoms with Crippen LogP contribution in [-0.2, 0) is 4.79 Å². The summed E-state index contributed by atoms with van der Waals surface area (Å²) in [4.78, 5) is 18.4. The smallest absolute Gasteiger partial charge is 0.266 e. The fraction of sp³-hybridized carbons (Fsp3) is 0.158. The molecule has 0 N–H and O–H groups in total. The van der Waals surface area contributed by atoms with Crippen molar-refractivity contribution in [1.29, 1.82) is 0 Å². The second-order valence-electron chi connectivity index (χ2n) is 5.58. The van der Waals surface area contributed by atoms with Gasteiger partial charge in [-0.05, 0) is 55.1 Å². The summed E-state index contributed by atoms with van der Waals surface area (Å²) in [6, 6.07) is 8.22. The molecule has 0 bridgehead atoms. The third kappa shape index (κ3) is 4.31. The fourth-order valence-electron chi connectivity index (χ4n) is 2.39. The van der Waals surface area contributed by atoms with Gasteiger partial charge in [0.1, 0.15) is 17.3 Å². The molecule has 3 rings (SSSR count). The van der Waals surface area contributed by atoms with E-state index in [9.17, 15) is 13.6 Å². The third-order valence-corrected chi connectivity index (χ3v) is 4.98. The van der Waals surface area contributed by atoms with Crippen molar-refractivity contribution < 1.29 is 18.3 Å². The number of thioether (sulfide) groups is 1. The van der Waals surface area contributed by atoms with E-state index >= 15 is 0 Å². The minimum atomic E-state index is -0.796. The van der Waals surface area contributed by atoms with Crippen LogP contribution in [0.2, 0.25) is 5.02 Å². The average Bonchev–Trinajstić information content (AvgIpc) is 2.88. The number of hydrogen-bond acceptors (Lipinski definition) is 4. The Kier molecular flexibility index (Phi) is 5.82. The van der Waals surface area contributed by atoms with Crippen molar-refractivity contribution in [2.75, 3.05) is 13.7 Å². The first-order chi connectivity index (χ1) is 12.9. The van der Waals surface area contributed by atoms with Crippen molar-refractivity contribution >= 4 is 46.2 Å². The molecule has 0 saturated carbocycles. The molecule has 0 aliphatic carbocycles. The first-order valence-corrected chi connectivity index (χ1v) is 9.22. The quantitative estimate of drug-likeness (QED) is 0.649. The zero-order valence-electron chi connectivity index (χ0n) is 14.5. The van der Waals surface area contributed by atoms with Crippen LogP contribution in [0.25, 0.3) is 6.08 Å². The van der Waals surface area contributed by atoms with Crippen molar-refractivity contribution in [2.24, 2.45) is 4.99 Å². The molecule has 2 aromatic carbocycles. The zero-order valence-corrected chi connectivity index (χ0v) is 16.1. The van der Waals surface area contributed by atoms with Crippen LogP contribution < -0.4 is 4.74 Å². The normalized spacial score (nSPS) is 17.2. The van der Waals surface area contributed by atoms with Gasteiger partial charge in [-0.3, -0.25) is 9.69 Å². The lowest BCUT2D eigenvalue weighted by Crippen LogP contribution is -2.23. The molecule has 27 heavy (non-hydrogen) atoms. The Morgan fingerprint density at radius 3 is 2.74 bits per heavy atom. The molecular weight excluding hydrogens is 394 g/mol. The Morgan fingerprint density at radius 1 is 1.26 bits per heavy atom.